The third kappa shape index (κ3) is 6.43. The minimum Gasteiger partial charge on any atom is -0.507 e. The normalized spacial score (nSPS) is 18.3. The van der Waals surface area contributed by atoms with Gasteiger partial charge in [-0.2, -0.15) is 0 Å². The number of piperidine rings is 2. The van der Waals surface area contributed by atoms with E-state index in [1.165, 1.54) is 18.2 Å². The topological polar surface area (TPSA) is 197 Å². The Bertz CT molecular complexity index is 2050. The van der Waals surface area contributed by atoms with Gasteiger partial charge in [0.2, 0.25) is 11.8 Å². The van der Waals surface area contributed by atoms with E-state index in [-0.39, 0.29) is 59.2 Å². The van der Waals surface area contributed by atoms with E-state index >= 15 is 0 Å². The van der Waals surface area contributed by atoms with Gasteiger partial charge in [-0.3, -0.25) is 34.2 Å². The van der Waals surface area contributed by atoms with E-state index in [9.17, 15) is 29.1 Å². The molecule has 3 aliphatic heterocycles. The Morgan fingerprint density at radius 3 is 2.39 bits per heavy atom. The lowest BCUT2D eigenvalue weighted by Gasteiger charge is -2.43. The lowest BCUT2D eigenvalue weighted by atomic mass is 9.72. The Balaban J connectivity index is 1.00. The summed E-state index contributed by atoms with van der Waals surface area (Å²) >= 11 is 0. The number of fused-ring (bicyclic) bond motifs is 1. The highest BCUT2D eigenvalue weighted by Crippen LogP contribution is 2.39. The molecule has 0 saturated carbocycles. The van der Waals surface area contributed by atoms with Crippen LogP contribution in [0.1, 0.15) is 52.0 Å². The Hall–Kier alpha value is -6.31. The number of phenols is 1. The van der Waals surface area contributed by atoms with Crippen LogP contribution in [-0.4, -0.2) is 82.0 Å². The van der Waals surface area contributed by atoms with Crippen LogP contribution in [0.3, 0.4) is 0 Å². The third-order valence-electron chi connectivity index (χ3n) is 9.83. The first-order valence-corrected chi connectivity index (χ1v) is 16.6. The van der Waals surface area contributed by atoms with Gasteiger partial charge in [0, 0.05) is 37.0 Å². The van der Waals surface area contributed by atoms with Crippen molar-refractivity contribution in [3.05, 3.63) is 95.6 Å². The van der Waals surface area contributed by atoms with Crippen molar-refractivity contribution in [3.8, 4) is 22.8 Å². The van der Waals surface area contributed by atoms with Crippen LogP contribution in [0, 0.1) is 0 Å². The first-order chi connectivity index (χ1) is 24.6. The maximum Gasteiger partial charge on any atom is 0.262 e. The number of aromatic nitrogens is 2. The molecule has 5 amide bonds. The van der Waals surface area contributed by atoms with Crippen molar-refractivity contribution in [2.75, 3.05) is 36.9 Å². The number of nitrogens with one attached hydrogen (secondary N) is 2. The fraction of sp³-hybridized carbons (Fsp3) is 0.270. The number of nitrogens with two attached hydrogens (primary N) is 1. The molecule has 4 heterocycles. The summed E-state index contributed by atoms with van der Waals surface area (Å²) in [5.41, 5.74) is 8.95. The molecule has 51 heavy (non-hydrogen) atoms. The number of ether oxygens (including phenoxy) is 1. The molecule has 3 aromatic carbocycles. The van der Waals surface area contributed by atoms with Crippen LogP contribution in [0.2, 0.25) is 0 Å². The highest BCUT2D eigenvalue weighted by molar-refractivity contribution is 6.23. The van der Waals surface area contributed by atoms with Crippen LogP contribution >= 0.6 is 0 Å². The molecular weight excluding hydrogens is 654 g/mol. The van der Waals surface area contributed by atoms with Gasteiger partial charge in [-0.25, -0.2) is 0 Å². The van der Waals surface area contributed by atoms with E-state index in [0.717, 1.165) is 16.2 Å². The van der Waals surface area contributed by atoms with Gasteiger partial charge in [-0.15, -0.1) is 10.2 Å². The van der Waals surface area contributed by atoms with E-state index in [1.54, 1.807) is 18.2 Å². The van der Waals surface area contributed by atoms with Gasteiger partial charge < -0.3 is 25.8 Å². The van der Waals surface area contributed by atoms with Crippen molar-refractivity contribution in [1.82, 2.24) is 25.7 Å². The fourth-order valence-corrected chi connectivity index (χ4v) is 7.01. The van der Waals surface area contributed by atoms with Gasteiger partial charge in [0.15, 0.2) is 12.4 Å². The zero-order valence-corrected chi connectivity index (χ0v) is 27.5. The second kappa shape index (κ2) is 13.5. The van der Waals surface area contributed by atoms with Gasteiger partial charge >= 0.3 is 0 Å². The lowest BCUT2D eigenvalue weighted by molar-refractivity contribution is -0.136. The molecule has 14 nitrogen and oxygen atoms in total. The zero-order chi connectivity index (χ0) is 35.7. The second-order valence-corrected chi connectivity index (χ2v) is 12.9. The molecule has 5 N–H and O–H groups in total. The average molecular weight is 690 g/mol. The Morgan fingerprint density at radius 1 is 0.922 bits per heavy atom. The predicted octanol–water partition coefficient (Wildman–Crippen LogP) is 2.57. The van der Waals surface area contributed by atoms with Crippen molar-refractivity contribution in [1.29, 1.82) is 0 Å². The summed E-state index contributed by atoms with van der Waals surface area (Å²) in [7, 11) is 0. The number of aromatic hydroxyl groups is 1. The molecule has 1 unspecified atom stereocenters. The molecule has 14 heteroatoms. The summed E-state index contributed by atoms with van der Waals surface area (Å²) in [5.74, 6) is -2.18. The molecule has 2 saturated heterocycles. The molecule has 0 aliphatic carbocycles. The number of nitrogen functional groups attached to an aromatic ring is 1. The number of amides is 5. The van der Waals surface area contributed by atoms with Crippen LogP contribution in [0.4, 0.5) is 11.5 Å². The standard InChI is InChI=1S/C37H35N7O7/c38-33-29(19-27(41-42-33)25-8-4-5-9-30(25)45)43-16-14-37(15-17-43,22-6-2-1-3-7-22)21-39-32(47)20-51-23-10-11-24-26(18-23)36(50)44(35(24)49)28-12-13-31(46)40-34(28)48/h1-11,18-19,28,45H,12-17,20-21H2,(H2,38,42)(H,39,47)(H,40,46,48). The van der Waals surface area contributed by atoms with Crippen LogP contribution in [0.25, 0.3) is 11.3 Å². The largest absolute Gasteiger partial charge is 0.507 e. The summed E-state index contributed by atoms with van der Waals surface area (Å²) < 4.78 is 5.74. The van der Waals surface area contributed by atoms with Gasteiger partial charge in [0.25, 0.3) is 17.7 Å². The van der Waals surface area contributed by atoms with E-state index in [2.05, 4.69) is 37.9 Å². The van der Waals surface area contributed by atoms with Crippen molar-refractivity contribution in [2.45, 2.75) is 37.1 Å². The average Bonchev–Trinajstić information content (AvgIpc) is 3.39. The quantitative estimate of drug-likeness (QED) is 0.189. The third-order valence-corrected chi connectivity index (χ3v) is 9.83. The maximum atomic E-state index is 13.2. The Labute approximate surface area is 292 Å². The summed E-state index contributed by atoms with van der Waals surface area (Å²) in [6.45, 7) is 1.26. The fourth-order valence-electron chi connectivity index (χ4n) is 7.01. The molecule has 4 aromatic rings. The number of hydrogen-bond donors (Lipinski definition) is 4. The molecule has 7 rings (SSSR count). The van der Waals surface area contributed by atoms with Crippen LogP contribution in [0.5, 0.6) is 11.5 Å². The smallest absolute Gasteiger partial charge is 0.262 e. The minimum atomic E-state index is -1.07. The van der Waals surface area contributed by atoms with E-state index in [1.807, 2.05) is 30.3 Å². The molecule has 0 spiro atoms. The molecule has 1 aromatic heterocycles. The Kier molecular flexibility index (Phi) is 8.81. The Morgan fingerprint density at radius 2 is 1.65 bits per heavy atom. The summed E-state index contributed by atoms with van der Waals surface area (Å²) in [6.07, 6.45) is 1.46. The van der Waals surface area contributed by atoms with E-state index in [0.29, 0.717) is 43.7 Å². The highest BCUT2D eigenvalue weighted by atomic mass is 16.5. The molecule has 260 valence electrons. The number of nitrogens with zero attached hydrogens (tertiary/aromatic N) is 4. The number of hydrogen-bond acceptors (Lipinski definition) is 11. The van der Waals surface area contributed by atoms with Crippen molar-refractivity contribution in [2.24, 2.45) is 0 Å². The second-order valence-electron chi connectivity index (χ2n) is 12.9. The molecule has 0 radical (unpaired) electrons. The van der Waals surface area contributed by atoms with Gasteiger partial charge in [0.1, 0.15) is 17.5 Å². The van der Waals surface area contributed by atoms with Gasteiger partial charge in [-0.05, 0) is 61.2 Å². The number of phenolic OH excluding ortho intramolecular Hbond substituents is 1. The number of carbonyl (C=O) groups is 5. The van der Waals surface area contributed by atoms with E-state index < -0.39 is 29.7 Å². The van der Waals surface area contributed by atoms with E-state index in [4.69, 9.17) is 10.5 Å². The monoisotopic (exact) mass is 689 g/mol. The number of imide groups is 2. The first kappa shape index (κ1) is 33.2. The number of benzene rings is 3. The van der Waals surface area contributed by atoms with Crippen LogP contribution in [0.15, 0.2) is 78.9 Å². The van der Waals surface area contributed by atoms with Crippen molar-refractivity contribution < 1.29 is 33.8 Å². The maximum absolute atomic E-state index is 13.2. The summed E-state index contributed by atoms with van der Waals surface area (Å²) in [4.78, 5) is 66.3. The summed E-state index contributed by atoms with van der Waals surface area (Å²) in [6, 6.07) is 22.0. The minimum absolute atomic E-state index is 0.0235. The summed E-state index contributed by atoms with van der Waals surface area (Å²) in [5, 5.41) is 23.9. The molecule has 0 bridgehead atoms. The lowest BCUT2D eigenvalue weighted by Crippen LogP contribution is -2.54. The van der Waals surface area contributed by atoms with Crippen molar-refractivity contribution in [3.63, 3.8) is 0 Å². The molecule has 3 aliphatic rings. The SMILES string of the molecule is Nc1nnc(-c2ccccc2O)cc1N1CCC(CNC(=O)COc2ccc3c(c2)C(=O)N(C2CCC(=O)NC2=O)C3=O)(c2ccccc2)CC1. The van der Waals surface area contributed by atoms with Gasteiger partial charge in [0.05, 0.1) is 22.5 Å². The number of rotatable bonds is 9. The molecular formula is C37H35N7O7. The van der Waals surface area contributed by atoms with Crippen LogP contribution < -0.4 is 26.0 Å². The predicted molar refractivity (Wildman–Crippen MR) is 185 cm³/mol. The zero-order valence-electron chi connectivity index (χ0n) is 27.5. The molecule has 2 fully saturated rings. The van der Waals surface area contributed by atoms with Crippen molar-refractivity contribution >= 4 is 41.0 Å². The first-order valence-electron chi connectivity index (χ1n) is 16.6. The number of anilines is 2. The number of carbonyl (C=O) groups excluding carboxylic acids is 5. The number of para-hydroxylation sites is 1. The highest BCUT2D eigenvalue weighted by Gasteiger charge is 2.45. The van der Waals surface area contributed by atoms with Crippen LogP contribution in [-0.2, 0) is 19.8 Å². The van der Waals surface area contributed by atoms with Gasteiger partial charge in [-0.1, -0.05) is 42.5 Å². The molecule has 1 atom stereocenters.